The zero-order valence-corrected chi connectivity index (χ0v) is 16.0. The second-order valence-corrected chi connectivity index (χ2v) is 9.02. The fourth-order valence-corrected chi connectivity index (χ4v) is 5.23. The maximum Gasteiger partial charge on any atom is 0.257 e. The van der Waals surface area contributed by atoms with Crippen molar-refractivity contribution in [3.63, 3.8) is 0 Å². The summed E-state index contributed by atoms with van der Waals surface area (Å²) in [5, 5.41) is 5.20. The smallest absolute Gasteiger partial charge is 0.257 e. The molecule has 1 aliphatic rings. The van der Waals surface area contributed by atoms with Crippen LogP contribution in [0.25, 0.3) is 11.3 Å². The summed E-state index contributed by atoms with van der Waals surface area (Å²) in [6.07, 6.45) is 0.623. The Morgan fingerprint density at radius 3 is 2.48 bits per heavy atom. The fourth-order valence-electron chi connectivity index (χ4n) is 2.95. The van der Waals surface area contributed by atoms with Crippen LogP contribution in [0.4, 0.5) is 10.8 Å². The van der Waals surface area contributed by atoms with Crippen molar-refractivity contribution in [3.8, 4) is 11.3 Å². The van der Waals surface area contributed by atoms with Crippen LogP contribution in [0.2, 0.25) is 0 Å². The van der Waals surface area contributed by atoms with E-state index in [9.17, 15) is 13.2 Å². The molecule has 27 heavy (non-hydrogen) atoms. The van der Waals surface area contributed by atoms with E-state index < -0.39 is 10.0 Å². The number of benzene rings is 2. The summed E-state index contributed by atoms with van der Waals surface area (Å²) in [7, 11) is -3.22. The van der Waals surface area contributed by atoms with Crippen LogP contribution >= 0.6 is 11.3 Å². The Labute approximate surface area is 161 Å². The Hall–Kier alpha value is -2.71. The number of hydrogen-bond acceptors (Lipinski definition) is 5. The number of sulfonamides is 1. The van der Waals surface area contributed by atoms with Crippen LogP contribution in [0.1, 0.15) is 16.8 Å². The average molecular weight is 399 g/mol. The predicted molar refractivity (Wildman–Crippen MR) is 108 cm³/mol. The summed E-state index contributed by atoms with van der Waals surface area (Å²) in [5.41, 5.74) is 2.84. The van der Waals surface area contributed by atoms with Gasteiger partial charge in [-0.15, -0.1) is 11.3 Å². The number of hydrogen-bond donors (Lipinski definition) is 1. The Balaban J connectivity index is 1.47. The molecular weight excluding hydrogens is 382 g/mol. The Bertz CT molecular complexity index is 1060. The average Bonchev–Trinajstić information content (AvgIpc) is 3.28. The van der Waals surface area contributed by atoms with E-state index in [1.54, 1.807) is 24.3 Å². The number of anilines is 2. The van der Waals surface area contributed by atoms with E-state index in [-0.39, 0.29) is 11.7 Å². The topological polar surface area (TPSA) is 79.4 Å². The van der Waals surface area contributed by atoms with Gasteiger partial charge in [0.1, 0.15) is 0 Å². The maximum absolute atomic E-state index is 12.4. The minimum atomic E-state index is -3.22. The largest absolute Gasteiger partial charge is 0.298 e. The molecule has 4 rings (SSSR count). The minimum Gasteiger partial charge on any atom is -0.298 e. The number of aromatic nitrogens is 1. The molecule has 1 amide bonds. The molecule has 138 valence electrons. The predicted octanol–water partition coefficient (Wildman–Crippen LogP) is 3.60. The zero-order chi connectivity index (χ0) is 18.9. The van der Waals surface area contributed by atoms with E-state index in [2.05, 4.69) is 10.3 Å². The summed E-state index contributed by atoms with van der Waals surface area (Å²) in [4.78, 5) is 16.9. The first kappa shape index (κ1) is 17.7. The second kappa shape index (κ2) is 7.13. The van der Waals surface area contributed by atoms with Gasteiger partial charge in [-0.05, 0) is 30.7 Å². The molecule has 0 bridgehead atoms. The molecule has 0 spiro atoms. The fraction of sp³-hybridized carbons (Fsp3) is 0.158. The highest BCUT2D eigenvalue weighted by molar-refractivity contribution is 7.93. The number of rotatable bonds is 4. The number of carbonyl (C=O) groups is 1. The van der Waals surface area contributed by atoms with Crippen LogP contribution in [-0.2, 0) is 10.0 Å². The summed E-state index contributed by atoms with van der Waals surface area (Å²) in [6.45, 7) is 0.481. The van der Waals surface area contributed by atoms with E-state index >= 15 is 0 Å². The Morgan fingerprint density at radius 2 is 1.81 bits per heavy atom. The third kappa shape index (κ3) is 3.72. The molecule has 1 N–H and O–H groups in total. The number of amides is 1. The molecule has 0 atom stereocenters. The van der Waals surface area contributed by atoms with Gasteiger partial charge < -0.3 is 0 Å². The van der Waals surface area contributed by atoms with Gasteiger partial charge in [0, 0.05) is 23.1 Å². The highest BCUT2D eigenvalue weighted by Gasteiger charge is 2.28. The van der Waals surface area contributed by atoms with Gasteiger partial charge in [0.15, 0.2) is 5.13 Å². The second-order valence-electron chi connectivity index (χ2n) is 6.15. The van der Waals surface area contributed by atoms with Gasteiger partial charge in [0.25, 0.3) is 5.91 Å². The van der Waals surface area contributed by atoms with Gasteiger partial charge in [-0.1, -0.05) is 30.3 Å². The normalized spacial score (nSPS) is 15.6. The highest BCUT2D eigenvalue weighted by atomic mass is 32.2. The zero-order valence-electron chi connectivity index (χ0n) is 14.3. The monoisotopic (exact) mass is 399 g/mol. The molecule has 6 nitrogen and oxygen atoms in total. The molecular formula is C19H17N3O3S2. The number of nitrogens with one attached hydrogen (secondary N) is 1. The lowest BCUT2D eigenvalue weighted by Crippen LogP contribution is -2.25. The van der Waals surface area contributed by atoms with E-state index in [1.807, 2.05) is 35.7 Å². The molecule has 1 aliphatic heterocycles. The van der Waals surface area contributed by atoms with Gasteiger partial charge >= 0.3 is 0 Å². The number of nitrogens with zero attached hydrogens (tertiary/aromatic N) is 2. The first-order chi connectivity index (χ1) is 13.0. The summed E-state index contributed by atoms with van der Waals surface area (Å²) in [6, 6.07) is 16.3. The van der Waals surface area contributed by atoms with Crippen LogP contribution in [0.5, 0.6) is 0 Å². The molecule has 0 saturated carbocycles. The van der Waals surface area contributed by atoms with Crippen molar-refractivity contribution < 1.29 is 13.2 Å². The standard InChI is InChI=1S/C19H17N3O3S2/c23-18(21-19-20-17(13-26-19)14-5-2-1-3-6-14)15-7-9-16(10-8-15)22-11-4-12-27(22,24)25/h1-3,5-10,13H,4,11-12H2,(H,20,21,23). The SMILES string of the molecule is O=C(Nc1nc(-c2ccccc2)cs1)c1ccc(N2CCCS2(=O)=O)cc1. The van der Waals surface area contributed by atoms with Crippen molar-refractivity contribution in [3.05, 3.63) is 65.5 Å². The van der Waals surface area contributed by atoms with E-state index in [0.717, 1.165) is 11.3 Å². The number of carbonyl (C=O) groups excluding carboxylic acids is 1. The van der Waals surface area contributed by atoms with Crippen molar-refractivity contribution in [2.24, 2.45) is 0 Å². The molecule has 2 aromatic carbocycles. The highest BCUT2D eigenvalue weighted by Crippen LogP contribution is 2.26. The molecule has 1 aromatic heterocycles. The van der Waals surface area contributed by atoms with Crippen LogP contribution in [0.15, 0.2) is 60.0 Å². The molecule has 3 aromatic rings. The first-order valence-electron chi connectivity index (χ1n) is 8.46. The molecule has 2 heterocycles. The lowest BCUT2D eigenvalue weighted by molar-refractivity contribution is 0.102. The number of thiazole rings is 1. The van der Waals surface area contributed by atoms with Crippen LogP contribution < -0.4 is 9.62 Å². The summed E-state index contributed by atoms with van der Waals surface area (Å²) in [5.74, 6) is -0.108. The first-order valence-corrected chi connectivity index (χ1v) is 10.9. The molecule has 1 fully saturated rings. The van der Waals surface area contributed by atoms with Gasteiger partial charge in [-0.2, -0.15) is 0 Å². The molecule has 1 saturated heterocycles. The van der Waals surface area contributed by atoms with Crippen molar-refractivity contribution in [1.29, 1.82) is 0 Å². The Morgan fingerprint density at radius 1 is 1.07 bits per heavy atom. The van der Waals surface area contributed by atoms with E-state index in [4.69, 9.17) is 0 Å². The van der Waals surface area contributed by atoms with Crippen molar-refractivity contribution in [1.82, 2.24) is 4.98 Å². The molecule has 0 unspecified atom stereocenters. The molecule has 0 radical (unpaired) electrons. The van der Waals surface area contributed by atoms with Gasteiger partial charge in [-0.3, -0.25) is 14.4 Å². The van der Waals surface area contributed by atoms with Crippen LogP contribution in [0, 0.1) is 0 Å². The van der Waals surface area contributed by atoms with Gasteiger partial charge in [-0.25, -0.2) is 13.4 Å². The van der Waals surface area contributed by atoms with E-state index in [0.29, 0.717) is 29.3 Å². The molecule has 8 heteroatoms. The quantitative estimate of drug-likeness (QED) is 0.727. The summed E-state index contributed by atoms with van der Waals surface area (Å²) < 4.78 is 25.4. The van der Waals surface area contributed by atoms with Crippen molar-refractivity contribution in [2.45, 2.75) is 6.42 Å². The van der Waals surface area contributed by atoms with Crippen LogP contribution in [-0.4, -0.2) is 31.6 Å². The van der Waals surface area contributed by atoms with Crippen molar-refractivity contribution >= 4 is 38.1 Å². The Kier molecular flexibility index (Phi) is 4.67. The minimum absolute atomic E-state index is 0.170. The van der Waals surface area contributed by atoms with Crippen LogP contribution in [0.3, 0.4) is 0 Å². The lowest BCUT2D eigenvalue weighted by atomic mass is 10.2. The lowest BCUT2D eigenvalue weighted by Gasteiger charge is -2.16. The van der Waals surface area contributed by atoms with Gasteiger partial charge in [0.2, 0.25) is 10.0 Å². The van der Waals surface area contributed by atoms with Crippen molar-refractivity contribution in [2.75, 3.05) is 21.9 Å². The third-order valence-electron chi connectivity index (χ3n) is 4.31. The third-order valence-corrected chi connectivity index (χ3v) is 6.94. The molecule has 0 aliphatic carbocycles. The van der Waals surface area contributed by atoms with E-state index in [1.165, 1.54) is 15.6 Å². The summed E-state index contributed by atoms with van der Waals surface area (Å²) >= 11 is 1.36. The van der Waals surface area contributed by atoms with Gasteiger partial charge in [0.05, 0.1) is 17.1 Å². The maximum atomic E-state index is 12.4.